The molecule has 0 aromatic carbocycles. The Morgan fingerprint density at radius 1 is 1.24 bits per heavy atom. The van der Waals surface area contributed by atoms with E-state index in [1.807, 2.05) is 5.38 Å². The molecular formula is C18H26N2O4S. The van der Waals surface area contributed by atoms with Crippen molar-refractivity contribution in [3.8, 4) is 0 Å². The summed E-state index contributed by atoms with van der Waals surface area (Å²) in [7, 11) is 0. The molecule has 1 aliphatic heterocycles. The van der Waals surface area contributed by atoms with E-state index in [0.717, 1.165) is 39.1 Å². The number of ether oxygens (including phenoxy) is 2. The molecule has 1 saturated carbocycles. The van der Waals surface area contributed by atoms with Crippen LogP contribution in [0, 0.1) is 0 Å². The van der Waals surface area contributed by atoms with Gasteiger partial charge >= 0.3 is 5.97 Å². The maximum absolute atomic E-state index is 12.2. The van der Waals surface area contributed by atoms with E-state index in [-0.39, 0.29) is 18.1 Å². The lowest BCUT2D eigenvalue weighted by molar-refractivity contribution is -0.125. The van der Waals surface area contributed by atoms with Crippen LogP contribution in [-0.4, -0.2) is 61.8 Å². The molecule has 6 nitrogen and oxygen atoms in total. The summed E-state index contributed by atoms with van der Waals surface area (Å²) in [6, 6.07) is 3.48. The highest BCUT2D eigenvalue weighted by atomic mass is 32.1. The van der Waals surface area contributed by atoms with Gasteiger partial charge < -0.3 is 14.8 Å². The van der Waals surface area contributed by atoms with Gasteiger partial charge in [0, 0.05) is 25.2 Å². The number of carbonyl (C=O) groups excluding carboxylic acids is 2. The minimum atomic E-state index is -0.439. The van der Waals surface area contributed by atoms with Gasteiger partial charge in [-0.25, -0.2) is 4.79 Å². The fraction of sp³-hybridized carbons (Fsp3) is 0.667. The number of hydrogen-bond acceptors (Lipinski definition) is 6. The first-order valence-corrected chi connectivity index (χ1v) is 9.88. The summed E-state index contributed by atoms with van der Waals surface area (Å²) < 4.78 is 10.6. The van der Waals surface area contributed by atoms with Gasteiger partial charge in [0.2, 0.25) is 0 Å². The molecular weight excluding hydrogens is 340 g/mol. The normalized spacial score (nSPS) is 20.8. The predicted molar refractivity (Wildman–Crippen MR) is 95.8 cm³/mol. The van der Waals surface area contributed by atoms with Crippen LogP contribution in [0.25, 0.3) is 0 Å². The number of nitrogens with zero attached hydrogens (tertiary/aromatic N) is 1. The van der Waals surface area contributed by atoms with E-state index in [1.54, 1.807) is 12.1 Å². The summed E-state index contributed by atoms with van der Waals surface area (Å²) in [6.45, 7) is 3.74. The van der Waals surface area contributed by atoms with Crippen LogP contribution in [0.4, 0.5) is 0 Å². The highest BCUT2D eigenvalue weighted by Gasteiger charge is 2.38. The van der Waals surface area contributed by atoms with Crippen molar-refractivity contribution in [2.45, 2.75) is 37.6 Å². The zero-order chi connectivity index (χ0) is 17.5. The van der Waals surface area contributed by atoms with Gasteiger partial charge in [0.05, 0.1) is 13.2 Å². The third-order valence-electron chi connectivity index (χ3n) is 5.14. The summed E-state index contributed by atoms with van der Waals surface area (Å²) in [4.78, 5) is 27.0. The first kappa shape index (κ1) is 18.4. The highest BCUT2D eigenvalue weighted by Crippen LogP contribution is 2.33. The van der Waals surface area contributed by atoms with E-state index in [0.29, 0.717) is 11.4 Å². The van der Waals surface area contributed by atoms with Gasteiger partial charge in [0.1, 0.15) is 4.88 Å². The zero-order valence-electron chi connectivity index (χ0n) is 14.5. The molecule has 1 N–H and O–H groups in total. The summed E-state index contributed by atoms with van der Waals surface area (Å²) >= 11 is 1.31. The van der Waals surface area contributed by atoms with Gasteiger partial charge in [-0.15, -0.1) is 11.3 Å². The second-order valence-corrected chi connectivity index (χ2v) is 7.66. The number of esters is 1. The number of thiophene rings is 1. The summed E-state index contributed by atoms with van der Waals surface area (Å²) in [6.07, 6.45) is 5.85. The number of rotatable bonds is 6. The number of amides is 1. The second-order valence-electron chi connectivity index (χ2n) is 6.71. The van der Waals surface area contributed by atoms with E-state index < -0.39 is 5.97 Å². The SMILES string of the molecule is O=C(COC(=O)c1cccs1)NCC1(N2CCOCC2)CCCCC1. The second kappa shape index (κ2) is 8.78. The monoisotopic (exact) mass is 366 g/mol. The average Bonchev–Trinajstić information content (AvgIpc) is 3.21. The molecule has 3 rings (SSSR count). The molecule has 0 spiro atoms. The first-order valence-electron chi connectivity index (χ1n) is 9.00. The molecule has 2 heterocycles. The van der Waals surface area contributed by atoms with Gasteiger partial charge in [0.25, 0.3) is 5.91 Å². The Morgan fingerprint density at radius 3 is 2.68 bits per heavy atom. The minimum absolute atomic E-state index is 0.0233. The Balaban J connectivity index is 1.50. The first-order chi connectivity index (χ1) is 12.2. The molecule has 1 aromatic rings. The quantitative estimate of drug-likeness (QED) is 0.781. The smallest absolute Gasteiger partial charge is 0.348 e. The van der Waals surface area contributed by atoms with E-state index in [1.165, 1.54) is 30.6 Å². The van der Waals surface area contributed by atoms with Gasteiger partial charge in [-0.2, -0.15) is 0 Å². The number of carbonyl (C=O) groups is 2. The Bertz CT molecular complexity index is 564. The van der Waals surface area contributed by atoms with Crippen molar-refractivity contribution in [1.29, 1.82) is 0 Å². The lowest BCUT2D eigenvalue weighted by atomic mass is 9.79. The summed E-state index contributed by atoms with van der Waals surface area (Å²) in [5.74, 6) is -0.672. The van der Waals surface area contributed by atoms with Crippen molar-refractivity contribution < 1.29 is 19.1 Å². The van der Waals surface area contributed by atoms with E-state index >= 15 is 0 Å². The molecule has 1 aromatic heterocycles. The van der Waals surface area contributed by atoms with Crippen molar-refractivity contribution in [1.82, 2.24) is 10.2 Å². The van der Waals surface area contributed by atoms with E-state index in [4.69, 9.17) is 9.47 Å². The molecule has 1 saturated heterocycles. The number of hydrogen-bond donors (Lipinski definition) is 1. The van der Waals surface area contributed by atoms with Crippen molar-refractivity contribution in [3.05, 3.63) is 22.4 Å². The van der Waals surface area contributed by atoms with Gasteiger partial charge in [0.15, 0.2) is 6.61 Å². The van der Waals surface area contributed by atoms with Crippen molar-refractivity contribution >= 4 is 23.2 Å². The fourth-order valence-electron chi connectivity index (χ4n) is 3.76. The standard InChI is InChI=1S/C18H26N2O4S/c21-16(13-24-17(22)15-5-4-12-25-15)19-14-18(6-2-1-3-7-18)20-8-10-23-11-9-20/h4-5,12H,1-3,6-11,13-14H2,(H,19,21). The van der Waals surface area contributed by atoms with Crippen molar-refractivity contribution in [2.24, 2.45) is 0 Å². The van der Waals surface area contributed by atoms with Crippen LogP contribution in [0.15, 0.2) is 17.5 Å². The number of morpholine rings is 1. The maximum atomic E-state index is 12.2. The van der Waals surface area contributed by atoms with Gasteiger partial charge in [-0.1, -0.05) is 25.3 Å². The van der Waals surface area contributed by atoms with Gasteiger partial charge in [-0.3, -0.25) is 9.69 Å². The van der Waals surface area contributed by atoms with Crippen LogP contribution in [0.1, 0.15) is 41.8 Å². The molecule has 7 heteroatoms. The van der Waals surface area contributed by atoms with Gasteiger partial charge in [-0.05, 0) is 24.3 Å². The van der Waals surface area contributed by atoms with Crippen LogP contribution in [-0.2, 0) is 14.3 Å². The molecule has 25 heavy (non-hydrogen) atoms. The molecule has 0 bridgehead atoms. The average molecular weight is 366 g/mol. The van der Waals surface area contributed by atoms with Crippen LogP contribution >= 0.6 is 11.3 Å². The largest absolute Gasteiger partial charge is 0.451 e. The molecule has 1 aliphatic carbocycles. The van der Waals surface area contributed by atoms with Crippen molar-refractivity contribution in [3.63, 3.8) is 0 Å². The van der Waals surface area contributed by atoms with E-state index in [9.17, 15) is 9.59 Å². The Morgan fingerprint density at radius 2 is 2.00 bits per heavy atom. The Hall–Kier alpha value is -1.44. The lowest BCUT2D eigenvalue weighted by Gasteiger charge is -2.48. The summed E-state index contributed by atoms with van der Waals surface area (Å²) in [5, 5.41) is 4.81. The minimum Gasteiger partial charge on any atom is -0.451 e. The maximum Gasteiger partial charge on any atom is 0.348 e. The molecule has 0 unspecified atom stereocenters. The Kier molecular flexibility index (Phi) is 6.45. The molecule has 1 amide bonds. The zero-order valence-corrected chi connectivity index (χ0v) is 15.3. The van der Waals surface area contributed by atoms with Crippen LogP contribution in [0.2, 0.25) is 0 Å². The van der Waals surface area contributed by atoms with Crippen LogP contribution in [0.3, 0.4) is 0 Å². The molecule has 138 valence electrons. The van der Waals surface area contributed by atoms with Crippen LogP contribution < -0.4 is 5.32 Å². The Labute approximate surface area is 152 Å². The third kappa shape index (κ3) is 4.80. The molecule has 0 atom stereocenters. The lowest BCUT2D eigenvalue weighted by Crippen LogP contribution is -2.59. The predicted octanol–water partition coefficient (Wildman–Crippen LogP) is 2.06. The molecule has 2 fully saturated rings. The van der Waals surface area contributed by atoms with E-state index in [2.05, 4.69) is 10.2 Å². The number of nitrogens with one attached hydrogen (secondary N) is 1. The van der Waals surface area contributed by atoms with Crippen LogP contribution in [0.5, 0.6) is 0 Å². The van der Waals surface area contributed by atoms with Crippen molar-refractivity contribution in [2.75, 3.05) is 39.5 Å². The highest BCUT2D eigenvalue weighted by molar-refractivity contribution is 7.11. The fourth-order valence-corrected chi connectivity index (χ4v) is 4.38. The molecule has 2 aliphatic rings. The molecule has 0 radical (unpaired) electrons. The summed E-state index contributed by atoms with van der Waals surface area (Å²) in [5.41, 5.74) is 0.0233. The third-order valence-corrected chi connectivity index (χ3v) is 5.99. The topological polar surface area (TPSA) is 67.9 Å².